The molecule has 0 bridgehead atoms. The summed E-state index contributed by atoms with van der Waals surface area (Å²) in [6.07, 6.45) is 6.39. The number of ether oxygens (including phenoxy) is 1. The molecule has 102 valence electrons. The number of rotatable bonds is 1. The highest BCUT2D eigenvalue weighted by Gasteiger charge is 2.20. The lowest BCUT2D eigenvalue weighted by Crippen LogP contribution is -2.13. The molecule has 0 atom stereocenters. The van der Waals surface area contributed by atoms with Crippen molar-refractivity contribution in [3.8, 4) is 5.88 Å². The van der Waals surface area contributed by atoms with Crippen LogP contribution in [0.4, 0.5) is 0 Å². The number of benzene rings is 1. The van der Waals surface area contributed by atoms with Gasteiger partial charge in [-0.05, 0) is 18.2 Å². The van der Waals surface area contributed by atoms with Crippen LogP contribution in [0.5, 0.6) is 5.88 Å². The zero-order valence-corrected chi connectivity index (χ0v) is 10.9. The summed E-state index contributed by atoms with van der Waals surface area (Å²) in [7, 11) is 0. The Morgan fingerprint density at radius 1 is 1.14 bits per heavy atom. The fraction of sp³-hybridized carbons (Fsp3) is 0.0625. The van der Waals surface area contributed by atoms with Gasteiger partial charge in [-0.2, -0.15) is 0 Å². The topological polar surface area (TPSA) is 65.2 Å². The molecule has 0 N–H and O–H groups in total. The third-order valence-electron chi connectivity index (χ3n) is 3.44. The first-order chi connectivity index (χ1) is 10.3. The fourth-order valence-electron chi connectivity index (χ4n) is 2.45. The van der Waals surface area contributed by atoms with E-state index in [2.05, 4.69) is 9.97 Å². The number of hydrogen-bond acceptors (Lipinski definition) is 5. The van der Waals surface area contributed by atoms with Crippen molar-refractivity contribution in [1.29, 1.82) is 0 Å². The third kappa shape index (κ3) is 1.82. The van der Waals surface area contributed by atoms with Crippen LogP contribution in [0, 0.1) is 0 Å². The molecule has 0 radical (unpaired) electrons. The van der Waals surface area contributed by atoms with Gasteiger partial charge in [-0.15, -0.1) is 0 Å². The summed E-state index contributed by atoms with van der Waals surface area (Å²) in [5, 5.41) is 0.556. The Kier molecular flexibility index (Phi) is 2.57. The number of nitrogens with zero attached hydrogens (tertiary/aromatic N) is 2. The van der Waals surface area contributed by atoms with E-state index < -0.39 is 0 Å². The van der Waals surface area contributed by atoms with Crippen molar-refractivity contribution in [3.63, 3.8) is 0 Å². The van der Waals surface area contributed by atoms with Gasteiger partial charge in [0.1, 0.15) is 24.8 Å². The molecule has 5 nitrogen and oxygen atoms in total. The highest BCUT2D eigenvalue weighted by Crippen LogP contribution is 2.31. The second-order valence-electron chi connectivity index (χ2n) is 4.65. The third-order valence-corrected chi connectivity index (χ3v) is 3.44. The van der Waals surface area contributed by atoms with E-state index in [1.807, 2.05) is 18.2 Å². The molecule has 0 unspecified atom stereocenters. The Morgan fingerprint density at radius 3 is 3.00 bits per heavy atom. The smallest absolute Gasteiger partial charge is 0.224 e. The van der Waals surface area contributed by atoms with E-state index >= 15 is 0 Å². The van der Waals surface area contributed by atoms with Crippen LogP contribution in [0.25, 0.3) is 16.5 Å². The van der Waals surface area contributed by atoms with Gasteiger partial charge in [0.05, 0.1) is 16.5 Å². The first kappa shape index (κ1) is 11.8. The van der Waals surface area contributed by atoms with E-state index in [4.69, 9.17) is 9.15 Å². The van der Waals surface area contributed by atoms with Crippen molar-refractivity contribution < 1.29 is 9.15 Å². The lowest BCUT2D eigenvalue weighted by atomic mass is 9.98. The molecule has 0 fully saturated rings. The second kappa shape index (κ2) is 4.56. The molecule has 2 aromatic heterocycles. The van der Waals surface area contributed by atoms with Gasteiger partial charge in [0.25, 0.3) is 0 Å². The number of para-hydroxylation sites is 1. The normalized spacial score (nSPS) is 13.4. The quantitative estimate of drug-likeness (QED) is 0.684. The van der Waals surface area contributed by atoms with Gasteiger partial charge >= 0.3 is 0 Å². The molecule has 1 aliphatic rings. The van der Waals surface area contributed by atoms with Crippen molar-refractivity contribution >= 4 is 16.5 Å². The molecule has 1 aliphatic heterocycles. The van der Waals surface area contributed by atoms with Gasteiger partial charge < -0.3 is 9.15 Å². The van der Waals surface area contributed by atoms with Crippen molar-refractivity contribution in [3.05, 3.63) is 70.5 Å². The van der Waals surface area contributed by atoms with E-state index in [9.17, 15) is 4.79 Å². The maximum absolute atomic E-state index is 12.7. The highest BCUT2D eigenvalue weighted by atomic mass is 16.5. The molecule has 3 heterocycles. The zero-order valence-electron chi connectivity index (χ0n) is 10.9. The van der Waals surface area contributed by atoms with Gasteiger partial charge in [0.2, 0.25) is 11.3 Å². The van der Waals surface area contributed by atoms with Crippen LogP contribution in [0.15, 0.2) is 58.3 Å². The molecule has 0 amide bonds. The molecule has 4 rings (SSSR count). The molecule has 0 saturated carbocycles. The lowest BCUT2D eigenvalue weighted by Gasteiger charge is -2.16. The molecule has 0 spiro atoms. The summed E-state index contributed by atoms with van der Waals surface area (Å²) in [5.74, 6) is 0.482. The Balaban J connectivity index is 1.98. The van der Waals surface area contributed by atoms with E-state index in [1.54, 1.807) is 18.3 Å². The highest BCUT2D eigenvalue weighted by molar-refractivity contribution is 5.87. The Morgan fingerprint density at radius 2 is 2.05 bits per heavy atom. The minimum atomic E-state index is -0.0696. The summed E-state index contributed by atoms with van der Waals surface area (Å²) in [4.78, 5) is 20.7. The van der Waals surface area contributed by atoms with Gasteiger partial charge in [-0.3, -0.25) is 4.79 Å². The van der Waals surface area contributed by atoms with E-state index in [1.165, 1.54) is 12.6 Å². The van der Waals surface area contributed by atoms with Crippen LogP contribution >= 0.6 is 0 Å². The maximum atomic E-state index is 12.7. The SMILES string of the molecule is O=c1c(C2=CCOc3ncncc32)coc2ccccc12. The lowest BCUT2D eigenvalue weighted by molar-refractivity contribution is 0.342. The minimum absolute atomic E-state index is 0.0696. The van der Waals surface area contributed by atoms with Crippen molar-refractivity contribution in [1.82, 2.24) is 9.97 Å². The number of fused-ring (bicyclic) bond motifs is 2. The van der Waals surface area contributed by atoms with Crippen molar-refractivity contribution in [2.75, 3.05) is 6.61 Å². The zero-order chi connectivity index (χ0) is 14.2. The first-order valence-corrected chi connectivity index (χ1v) is 6.49. The summed E-state index contributed by atoms with van der Waals surface area (Å²) in [5.41, 5.74) is 2.44. The Hall–Kier alpha value is -2.95. The standard InChI is InChI=1S/C16H10N2O3/c19-15-11-3-1-2-4-14(11)21-8-13(15)10-5-6-20-16-12(10)7-17-9-18-16/h1-5,7-9H,6H2. The first-order valence-electron chi connectivity index (χ1n) is 6.49. The van der Waals surface area contributed by atoms with Gasteiger partial charge in [0, 0.05) is 11.8 Å². The van der Waals surface area contributed by atoms with Crippen LogP contribution < -0.4 is 10.2 Å². The Labute approximate surface area is 119 Å². The predicted octanol–water partition coefficient (Wildman–Crippen LogP) is 2.41. The van der Waals surface area contributed by atoms with Crippen LogP contribution in [-0.2, 0) is 0 Å². The summed E-state index contributed by atoms with van der Waals surface area (Å²) in [6, 6.07) is 7.18. The van der Waals surface area contributed by atoms with Crippen molar-refractivity contribution in [2.45, 2.75) is 0 Å². The Bertz CT molecular complexity index is 928. The minimum Gasteiger partial charge on any atom is -0.473 e. The van der Waals surface area contributed by atoms with Gasteiger partial charge in [0.15, 0.2) is 0 Å². The molecule has 1 aromatic carbocycles. The summed E-state index contributed by atoms with van der Waals surface area (Å²) >= 11 is 0. The van der Waals surface area contributed by atoms with E-state index in [-0.39, 0.29) is 5.43 Å². The predicted molar refractivity (Wildman–Crippen MR) is 77.1 cm³/mol. The van der Waals surface area contributed by atoms with E-state index in [0.29, 0.717) is 34.6 Å². The number of aromatic nitrogens is 2. The number of hydrogen-bond donors (Lipinski definition) is 0. The van der Waals surface area contributed by atoms with Crippen LogP contribution in [0.2, 0.25) is 0 Å². The largest absolute Gasteiger partial charge is 0.473 e. The van der Waals surface area contributed by atoms with Crippen LogP contribution in [-0.4, -0.2) is 16.6 Å². The molecule has 21 heavy (non-hydrogen) atoms. The molecular weight excluding hydrogens is 268 g/mol. The molecule has 0 aliphatic carbocycles. The molecular formula is C16H10N2O3. The fourth-order valence-corrected chi connectivity index (χ4v) is 2.45. The van der Waals surface area contributed by atoms with Crippen molar-refractivity contribution in [2.24, 2.45) is 0 Å². The molecule has 0 saturated heterocycles. The molecule has 5 heteroatoms. The molecule has 3 aromatic rings. The second-order valence-corrected chi connectivity index (χ2v) is 4.65. The summed E-state index contributed by atoms with van der Waals surface area (Å²) < 4.78 is 11.0. The average Bonchev–Trinajstić information content (AvgIpc) is 2.55. The van der Waals surface area contributed by atoms with Crippen LogP contribution in [0.3, 0.4) is 0 Å². The summed E-state index contributed by atoms with van der Waals surface area (Å²) in [6.45, 7) is 0.367. The average molecular weight is 278 g/mol. The monoisotopic (exact) mass is 278 g/mol. The van der Waals surface area contributed by atoms with Gasteiger partial charge in [-0.1, -0.05) is 12.1 Å². The maximum Gasteiger partial charge on any atom is 0.224 e. The van der Waals surface area contributed by atoms with Gasteiger partial charge in [-0.25, -0.2) is 9.97 Å². The van der Waals surface area contributed by atoms with E-state index in [0.717, 1.165) is 5.57 Å². The van der Waals surface area contributed by atoms with Crippen LogP contribution in [0.1, 0.15) is 11.1 Å².